The average Bonchev–Trinajstić information content (AvgIpc) is 2.54. The van der Waals surface area contributed by atoms with Gasteiger partial charge in [-0.2, -0.15) is 0 Å². The van der Waals surface area contributed by atoms with Gasteiger partial charge in [-0.3, -0.25) is 4.79 Å². The summed E-state index contributed by atoms with van der Waals surface area (Å²) in [5, 5.41) is 3.50. The Kier molecular flexibility index (Phi) is 6.10. The fraction of sp³-hybridized carbons (Fsp3) is 0.316. The molecule has 0 unspecified atom stereocenters. The number of ether oxygens (including phenoxy) is 2. The van der Waals surface area contributed by atoms with Crippen molar-refractivity contribution in [2.75, 3.05) is 19.0 Å². The van der Waals surface area contributed by atoms with E-state index >= 15 is 0 Å². The van der Waals surface area contributed by atoms with Gasteiger partial charge in [-0.25, -0.2) is 0 Å². The van der Waals surface area contributed by atoms with Crippen LogP contribution in [0.25, 0.3) is 0 Å². The van der Waals surface area contributed by atoms with Crippen LogP contribution in [0.3, 0.4) is 0 Å². The third kappa shape index (κ3) is 4.42. The monoisotopic (exact) mass is 347 g/mol. The molecule has 0 atom stereocenters. The molecule has 5 heteroatoms. The first-order valence-electron chi connectivity index (χ1n) is 7.78. The van der Waals surface area contributed by atoms with Crippen molar-refractivity contribution in [1.29, 1.82) is 0 Å². The van der Waals surface area contributed by atoms with Crippen LogP contribution >= 0.6 is 11.6 Å². The molecule has 0 saturated heterocycles. The molecule has 1 amide bonds. The van der Waals surface area contributed by atoms with Gasteiger partial charge in [0.2, 0.25) is 0 Å². The number of hydrogen-bond donors (Lipinski definition) is 1. The van der Waals surface area contributed by atoms with Crippen molar-refractivity contribution in [2.24, 2.45) is 0 Å². The number of nitrogens with one attached hydrogen (secondary N) is 1. The Morgan fingerprint density at radius 3 is 2.58 bits per heavy atom. The van der Waals surface area contributed by atoms with E-state index in [1.165, 1.54) is 0 Å². The summed E-state index contributed by atoms with van der Waals surface area (Å²) >= 11 is 6.25. The Morgan fingerprint density at radius 2 is 1.92 bits per heavy atom. The van der Waals surface area contributed by atoms with E-state index in [0.717, 1.165) is 11.1 Å². The smallest absolute Gasteiger partial charge is 0.262 e. The van der Waals surface area contributed by atoms with Crippen LogP contribution in [0.1, 0.15) is 30.9 Å². The molecule has 2 aromatic carbocycles. The molecule has 4 nitrogen and oxygen atoms in total. The van der Waals surface area contributed by atoms with Crippen LogP contribution in [0, 0.1) is 6.92 Å². The highest BCUT2D eigenvalue weighted by Gasteiger charge is 2.12. The lowest BCUT2D eigenvalue weighted by atomic mass is 10.0. The summed E-state index contributed by atoms with van der Waals surface area (Å²) in [6.07, 6.45) is 0. The van der Waals surface area contributed by atoms with Crippen LogP contribution in [0.2, 0.25) is 5.02 Å². The highest BCUT2D eigenvalue weighted by Crippen LogP contribution is 2.31. The molecule has 0 aliphatic carbocycles. The maximum absolute atomic E-state index is 12.1. The quantitative estimate of drug-likeness (QED) is 0.816. The second kappa shape index (κ2) is 8.06. The van der Waals surface area contributed by atoms with E-state index in [0.29, 0.717) is 22.2 Å². The first kappa shape index (κ1) is 18.1. The molecule has 0 aliphatic rings. The van der Waals surface area contributed by atoms with E-state index in [9.17, 15) is 4.79 Å². The second-order valence-corrected chi connectivity index (χ2v) is 6.24. The highest BCUT2D eigenvalue weighted by molar-refractivity contribution is 6.31. The molecule has 0 heterocycles. The number of hydrogen-bond acceptors (Lipinski definition) is 3. The molecule has 0 fully saturated rings. The Hall–Kier alpha value is -2.20. The van der Waals surface area contributed by atoms with Crippen LogP contribution in [0.5, 0.6) is 11.5 Å². The summed E-state index contributed by atoms with van der Waals surface area (Å²) in [5.41, 5.74) is 2.51. The summed E-state index contributed by atoms with van der Waals surface area (Å²) in [6.45, 7) is 5.95. The van der Waals surface area contributed by atoms with E-state index in [2.05, 4.69) is 19.2 Å². The molecule has 1 N–H and O–H groups in total. The number of benzene rings is 2. The van der Waals surface area contributed by atoms with Crippen LogP contribution in [0.15, 0.2) is 36.4 Å². The number of carbonyl (C=O) groups excluding carboxylic acids is 1. The first-order valence-corrected chi connectivity index (χ1v) is 8.16. The molecule has 128 valence electrons. The number of halogens is 1. The molecular weight excluding hydrogens is 326 g/mol. The van der Waals surface area contributed by atoms with Crippen molar-refractivity contribution in [3.8, 4) is 11.5 Å². The van der Waals surface area contributed by atoms with Gasteiger partial charge in [0.25, 0.3) is 5.91 Å². The zero-order chi connectivity index (χ0) is 17.7. The lowest BCUT2D eigenvalue weighted by Gasteiger charge is -2.15. The predicted molar refractivity (Wildman–Crippen MR) is 97.4 cm³/mol. The Bertz CT molecular complexity index is 729. The summed E-state index contributed by atoms with van der Waals surface area (Å²) in [4.78, 5) is 12.1. The van der Waals surface area contributed by atoms with E-state index in [1.807, 2.05) is 31.2 Å². The minimum atomic E-state index is -0.250. The predicted octanol–water partition coefficient (Wildman–Crippen LogP) is 4.80. The van der Waals surface area contributed by atoms with Crippen molar-refractivity contribution in [2.45, 2.75) is 26.7 Å². The minimum absolute atomic E-state index is 0.0853. The van der Waals surface area contributed by atoms with Crippen LogP contribution in [-0.2, 0) is 4.79 Å². The van der Waals surface area contributed by atoms with Gasteiger partial charge in [-0.1, -0.05) is 37.6 Å². The number of rotatable bonds is 6. The van der Waals surface area contributed by atoms with Gasteiger partial charge in [0, 0.05) is 5.02 Å². The molecular formula is C19H22ClNO3. The van der Waals surface area contributed by atoms with Gasteiger partial charge in [0.15, 0.2) is 6.61 Å². The molecule has 0 radical (unpaired) electrons. The van der Waals surface area contributed by atoms with Crippen molar-refractivity contribution >= 4 is 23.2 Å². The lowest BCUT2D eigenvalue weighted by molar-refractivity contribution is -0.118. The fourth-order valence-electron chi connectivity index (χ4n) is 2.34. The molecule has 0 spiro atoms. The summed E-state index contributed by atoms with van der Waals surface area (Å²) in [6, 6.07) is 11.0. The number of methoxy groups -OCH3 is 1. The van der Waals surface area contributed by atoms with Gasteiger partial charge in [-0.05, 0) is 48.2 Å². The van der Waals surface area contributed by atoms with Crippen LogP contribution < -0.4 is 14.8 Å². The number of anilines is 1. The van der Waals surface area contributed by atoms with E-state index in [4.69, 9.17) is 21.1 Å². The molecule has 0 saturated carbocycles. The Morgan fingerprint density at radius 1 is 1.21 bits per heavy atom. The maximum Gasteiger partial charge on any atom is 0.262 e. The zero-order valence-corrected chi connectivity index (χ0v) is 15.1. The van der Waals surface area contributed by atoms with Crippen molar-refractivity contribution in [3.05, 3.63) is 52.5 Å². The van der Waals surface area contributed by atoms with Crippen molar-refractivity contribution < 1.29 is 14.3 Å². The number of aryl methyl sites for hydroxylation is 1. The Labute approximate surface area is 147 Å². The van der Waals surface area contributed by atoms with Crippen molar-refractivity contribution in [3.63, 3.8) is 0 Å². The van der Waals surface area contributed by atoms with Gasteiger partial charge in [-0.15, -0.1) is 0 Å². The highest BCUT2D eigenvalue weighted by atomic mass is 35.5. The summed E-state index contributed by atoms with van der Waals surface area (Å²) in [5.74, 6) is 1.30. The molecule has 0 bridgehead atoms. The van der Waals surface area contributed by atoms with Crippen molar-refractivity contribution in [1.82, 2.24) is 0 Å². The summed E-state index contributed by atoms with van der Waals surface area (Å²) < 4.78 is 10.9. The molecule has 0 aromatic heterocycles. The van der Waals surface area contributed by atoms with Crippen LogP contribution in [-0.4, -0.2) is 19.6 Å². The first-order chi connectivity index (χ1) is 11.4. The Balaban J connectivity index is 2.05. The zero-order valence-electron chi connectivity index (χ0n) is 14.4. The third-order valence-electron chi connectivity index (χ3n) is 3.66. The molecule has 2 aromatic rings. The van der Waals surface area contributed by atoms with Gasteiger partial charge in [0.05, 0.1) is 12.8 Å². The number of amides is 1. The average molecular weight is 348 g/mol. The standard InChI is InChI=1S/C19H22ClNO3/c1-12(2)14-10-18(13(3)9-15(14)20)24-11-19(22)21-16-7-5-6-8-17(16)23-4/h5-10,12H,11H2,1-4H3,(H,21,22). The fourth-order valence-corrected chi connectivity index (χ4v) is 2.78. The lowest BCUT2D eigenvalue weighted by Crippen LogP contribution is -2.20. The SMILES string of the molecule is COc1ccccc1NC(=O)COc1cc(C(C)C)c(Cl)cc1C. The number of para-hydroxylation sites is 2. The number of carbonyl (C=O) groups is 1. The molecule has 24 heavy (non-hydrogen) atoms. The van der Waals surface area contributed by atoms with Gasteiger partial charge < -0.3 is 14.8 Å². The van der Waals surface area contributed by atoms with E-state index in [1.54, 1.807) is 19.2 Å². The molecule has 0 aliphatic heterocycles. The maximum atomic E-state index is 12.1. The largest absolute Gasteiger partial charge is 0.495 e. The van der Waals surface area contributed by atoms with E-state index < -0.39 is 0 Å². The minimum Gasteiger partial charge on any atom is -0.495 e. The third-order valence-corrected chi connectivity index (χ3v) is 3.98. The van der Waals surface area contributed by atoms with E-state index in [-0.39, 0.29) is 18.4 Å². The van der Waals surface area contributed by atoms with Crippen LogP contribution in [0.4, 0.5) is 5.69 Å². The second-order valence-electron chi connectivity index (χ2n) is 5.83. The van der Waals surface area contributed by atoms with Gasteiger partial charge in [0.1, 0.15) is 11.5 Å². The topological polar surface area (TPSA) is 47.6 Å². The normalized spacial score (nSPS) is 10.6. The van der Waals surface area contributed by atoms with Gasteiger partial charge >= 0.3 is 0 Å². The summed E-state index contributed by atoms with van der Waals surface area (Å²) in [7, 11) is 1.56. The molecule has 2 rings (SSSR count).